The first kappa shape index (κ1) is 21.4. The van der Waals surface area contributed by atoms with E-state index >= 15 is 0 Å². The molecule has 150 valence electrons. The Morgan fingerprint density at radius 3 is 2.46 bits per heavy atom. The maximum atomic E-state index is 13.7. The number of ether oxygens (including phenoxy) is 2. The highest BCUT2D eigenvalue weighted by Gasteiger charge is 2.19. The molecule has 0 aliphatic carbocycles. The predicted octanol–water partition coefficient (Wildman–Crippen LogP) is 3.62. The standard InChI is InChI=1S/C22H26FNO4/c1-4-17(18-8-6-5-7-9-18)14-24-22(26)15(2)28-21(25)13-16-10-11-20(27-3)19(23)12-16/h5-12,15,17H,4,13-14H2,1-3H3,(H,24,26)/t15-,17+/m0/s1. The van der Waals surface area contributed by atoms with Crippen molar-refractivity contribution in [3.8, 4) is 5.75 Å². The molecule has 0 aliphatic rings. The lowest BCUT2D eigenvalue weighted by molar-refractivity contribution is -0.154. The first-order valence-electron chi connectivity index (χ1n) is 9.29. The van der Waals surface area contributed by atoms with Gasteiger partial charge in [-0.2, -0.15) is 0 Å². The molecule has 0 heterocycles. The summed E-state index contributed by atoms with van der Waals surface area (Å²) in [6, 6.07) is 14.2. The van der Waals surface area contributed by atoms with E-state index < -0.39 is 17.9 Å². The van der Waals surface area contributed by atoms with Crippen molar-refractivity contribution in [2.24, 2.45) is 0 Å². The van der Waals surface area contributed by atoms with Gasteiger partial charge in [0.1, 0.15) is 0 Å². The highest BCUT2D eigenvalue weighted by Crippen LogP contribution is 2.19. The van der Waals surface area contributed by atoms with Crippen molar-refractivity contribution < 1.29 is 23.5 Å². The van der Waals surface area contributed by atoms with E-state index in [-0.39, 0.29) is 24.0 Å². The minimum Gasteiger partial charge on any atom is -0.494 e. The van der Waals surface area contributed by atoms with Gasteiger partial charge in [0.05, 0.1) is 13.5 Å². The molecule has 0 aromatic heterocycles. The fraction of sp³-hybridized carbons (Fsp3) is 0.364. The summed E-state index contributed by atoms with van der Waals surface area (Å²) in [6.45, 7) is 4.04. The van der Waals surface area contributed by atoms with E-state index in [0.717, 1.165) is 12.0 Å². The van der Waals surface area contributed by atoms with Crippen LogP contribution in [0.3, 0.4) is 0 Å². The fourth-order valence-electron chi connectivity index (χ4n) is 2.87. The normalized spacial score (nSPS) is 12.7. The molecule has 2 rings (SSSR count). The number of nitrogens with one attached hydrogen (secondary N) is 1. The smallest absolute Gasteiger partial charge is 0.311 e. The van der Waals surface area contributed by atoms with Gasteiger partial charge in [-0.3, -0.25) is 9.59 Å². The minimum absolute atomic E-state index is 0.105. The maximum Gasteiger partial charge on any atom is 0.311 e. The van der Waals surface area contributed by atoms with Gasteiger partial charge in [-0.05, 0) is 36.6 Å². The molecule has 2 atom stereocenters. The van der Waals surface area contributed by atoms with Gasteiger partial charge in [-0.15, -0.1) is 0 Å². The quantitative estimate of drug-likeness (QED) is 0.668. The van der Waals surface area contributed by atoms with E-state index in [2.05, 4.69) is 12.2 Å². The summed E-state index contributed by atoms with van der Waals surface area (Å²) < 4.78 is 23.7. The molecule has 1 amide bonds. The fourth-order valence-corrected chi connectivity index (χ4v) is 2.87. The van der Waals surface area contributed by atoms with Crippen molar-refractivity contribution in [1.82, 2.24) is 5.32 Å². The summed E-state index contributed by atoms with van der Waals surface area (Å²) in [5.74, 6) is -1.21. The number of benzene rings is 2. The molecule has 2 aromatic rings. The number of carbonyl (C=O) groups is 2. The molecule has 0 unspecified atom stereocenters. The largest absolute Gasteiger partial charge is 0.494 e. The summed E-state index contributed by atoms with van der Waals surface area (Å²) in [4.78, 5) is 24.3. The zero-order valence-corrected chi connectivity index (χ0v) is 16.4. The molecule has 0 saturated carbocycles. The van der Waals surface area contributed by atoms with Crippen molar-refractivity contribution in [3.63, 3.8) is 0 Å². The Morgan fingerprint density at radius 2 is 1.86 bits per heavy atom. The van der Waals surface area contributed by atoms with Gasteiger partial charge in [0.15, 0.2) is 17.7 Å². The molecule has 0 radical (unpaired) electrons. The Labute approximate surface area is 164 Å². The lowest BCUT2D eigenvalue weighted by atomic mass is 9.96. The van der Waals surface area contributed by atoms with Crippen molar-refractivity contribution >= 4 is 11.9 Å². The van der Waals surface area contributed by atoms with Crippen LogP contribution in [0.2, 0.25) is 0 Å². The van der Waals surface area contributed by atoms with Crippen molar-refractivity contribution in [2.45, 2.75) is 38.7 Å². The average Bonchev–Trinajstić information content (AvgIpc) is 2.69. The lowest BCUT2D eigenvalue weighted by Crippen LogP contribution is -2.38. The van der Waals surface area contributed by atoms with Crippen LogP contribution in [0.1, 0.15) is 37.3 Å². The number of hydrogen-bond acceptors (Lipinski definition) is 4. The van der Waals surface area contributed by atoms with Crippen LogP contribution in [0.5, 0.6) is 5.75 Å². The number of carbonyl (C=O) groups excluding carboxylic acids is 2. The third kappa shape index (κ3) is 6.08. The molecular formula is C22H26FNO4. The monoisotopic (exact) mass is 387 g/mol. The molecule has 28 heavy (non-hydrogen) atoms. The lowest BCUT2D eigenvalue weighted by Gasteiger charge is -2.18. The average molecular weight is 387 g/mol. The van der Waals surface area contributed by atoms with E-state index in [4.69, 9.17) is 9.47 Å². The van der Waals surface area contributed by atoms with E-state index in [1.807, 2.05) is 30.3 Å². The molecule has 0 fully saturated rings. The molecule has 2 aromatic carbocycles. The first-order valence-corrected chi connectivity index (χ1v) is 9.29. The Hall–Kier alpha value is -2.89. The van der Waals surface area contributed by atoms with Crippen LogP contribution in [0, 0.1) is 5.82 Å². The number of methoxy groups -OCH3 is 1. The third-order valence-corrected chi connectivity index (χ3v) is 4.53. The van der Waals surface area contributed by atoms with Gasteiger partial charge in [-0.1, -0.05) is 43.3 Å². The van der Waals surface area contributed by atoms with E-state index in [1.165, 1.54) is 26.2 Å². The summed E-state index contributed by atoms with van der Waals surface area (Å²) in [5, 5.41) is 2.83. The Morgan fingerprint density at radius 1 is 1.14 bits per heavy atom. The molecule has 1 N–H and O–H groups in total. The van der Waals surface area contributed by atoms with Crippen LogP contribution >= 0.6 is 0 Å². The SMILES string of the molecule is CC[C@H](CNC(=O)[C@H](C)OC(=O)Cc1ccc(OC)c(F)c1)c1ccccc1. The van der Waals surface area contributed by atoms with Gasteiger partial charge in [0.2, 0.25) is 0 Å². The summed E-state index contributed by atoms with van der Waals surface area (Å²) in [7, 11) is 1.37. The van der Waals surface area contributed by atoms with Crippen LogP contribution in [0.4, 0.5) is 4.39 Å². The zero-order valence-electron chi connectivity index (χ0n) is 16.4. The number of hydrogen-bond donors (Lipinski definition) is 1. The second kappa shape index (κ2) is 10.4. The summed E-state index contributed by atoms with van der Waals surface area (Å²) in [5.41, 5.74) is 1.60. The topological polar surface area (TPSA) is 64.6 Å². The first-order chi connectivity index (χ1) is 13.4. The highest BCUT2D eigenvalue weighted by molar-refractivity contribution is 5.83. The minimum atomic E-state index is -0.927. The highest BCUT2D eigenvalue weighted by atomic mass is 19.1. The van der Waals surface area contributed by atoms with Crippen molar-refractivity contribution in [2.75, 3.05) is 13.7 Å². The van der Waals surface area contributed by atoms with Crippen LogP contribution in [0.15, 0.2) is 48.5 Å². The van der Waals surface area contributed by atoms with Crippen molar-refractivity contribution in [3.05, 3.63) is 65.5 Å². The Bertz CT molecular complexity index is 794. The zero-order chi connectivity index (χ0) is 20.5. The van der Waals surface area contributed by atoms with Gasteiger partial charge in [-0.25, -0.2) is 4.39 Å². The molecular weight excluding hydrogens is 361 g/mol. The van der Waals surface area contributed by atoms with Crippen molar-refractivity contribution in [1.29, 1.82) is 0 Å². The van der Waals surface area contributed by atoms with Gasteiger partial charge >= 0.3 is 5.97 Å². The Balaban J connectivity index is 1.84. The summed E-state index contributed by atoms with van der Waals surface area (Å²) >= 11 is 0. The van der Waals surface area contributed by atoms with E-state index in [1.54, 1.807) is 6.07 Å². The molecule has 6 heteroatoms. The molecule has 0 aliphatic heterocycles. The second-order valence-electron chi connectivity index (χ2n) is 6.54. The molecule has 5 nitrogen and oxygen atoms in total. The van der Waals surface area contributed by atoms with Crippen LogP contribution in [-0.2, 0) is 20.7 Å². The number of esters is 1. The molecule has 0 saturated heterocycles. The number of rotatable bonds is 9. The second-order valence-corrected chi connectivity index (χ2v) is 6.54. The Kier molecular flexibility index (Phi) is 7.99. The van der Waals surface area contributed by atoms with E-state index in [9.17, 15) is 14.0 Å². The van der Waals surface area contributed by atoms with Crippen LogP contribution in [-0.4, -0.2) is 31.6 Å². The third-order valence-electron chi connectivity index (χ3n) is 4.53. The van der Waals surface area contributed by atoms with Gasteiger partial charge < -0.3 is 14.8 Å². The van der Waals surface area contributed by atoms with Crippen LogP contribution in [0.25, 0.3) is 0 Å². The van der Waals surface area contributed by atoms with Gasteiger partial charge in [0, 0.05) is 12.5 Å². The van der Waals surface area contributed by atoms with Crippen LogP contribution < -0.4 is 10.1 Å². The van der Waals surface area contributed by atoms with Gasteiger partial charge in [0.25, 0.3) is 5.91 Å². The molecule has 0 bridgehead atoms. The number of amides is 1. The summed E-state index contributed by atoms with van der Waals surface area (Å²) in [6.07, 6.45) is -0.175. The molecule has 0 spiro atoms. The maximum absolute atomic E-state index is 13.7. The van der Waals surface area contributed by atoms with E-state index in [0.29, 0.717) is 12.1 Å². The number of halogens is 1. The predicted molar refractivity (Wildman–Crippen MR) is 105 cm³/mol.